The van der Waals surface area contributed by atoms with E-state index >= 15 is 0 Å². The maximum atomic E-state index is 14.3. The van der Waals surface area contributed by atoms with E-state index in [4.69, 9.17) is 5.73 Å². The second kappa shape index (κ2) is 8.39. The van der Waals surface area contributed by atoms with E-state index in [2.05, 4.69) is 4.74 Å². The molecule has 11 heteroatoms. The van der Waals surface area contributed by atoms with Crippen LogP contribution in [0.1, 0.15) is 41.1 Å². The van der Waals surface area contributed by atoms with Crippen molar-refractivity contribution in [2.24, 2.45) is 11.7 Å². The van der Waals surface area contributed by atoms with Crippen LogP contribution >= 0.6 is 0 Å². The van der Waals surface area contributed by atoms with Crippen molar-refractivity contribution >= 4 is 23.9 Å². The smallest absolute Gasteiger partial charge is 0.480 e. The summed E-state index contributed by atoms with van der Waals surface area (Å²) >= 11 is 0. The first-order valence-electron chi connectivity index (χ1n) is 10.4. The van der Waals surface area contributed by atoms with Crippen LogP contribution in [0.2, 0.25) is 0 Å². The maximum absolute atomic E-state index is 14.3. The summed E-state index contributed by atoms with van der Waals surface area (Å²) in [4.78, 5) is 38.1. The Morgan fingerprint density at radius 2 is 1.82 bits per heavy atom. The number of hydrogen-bond donors (Lipinski definition) is 2. The van der Waals surface area contributed by atoms with E-state index in [9.17, 15) is 37.1 Å². The van der Waals surface area contributed by atoms with Gasteiger partial charge in [-0.15, -0.1) is 13.2 Å². The lowest BCUT2D eigenvalue weighted by Gasteiger charge is -2.55. The first kappa shape index (κ1) is 23.7. The molecule has 2 aliphatic rings. The summed E-state index contributed by atoms with van der Waals surface area (Å²) in [5.41, 5.74) is 4.76. The molecule has 2 aromatic carbocycles. The van der Waals surface area contributed by atoms with E-state index in [0.717, 1.165) is 24.3 Å². The summed E-state index contributed by atoms with van der Waals surface area (Å²) in [6.07, 6.45) is -3.92. The van der Waals surface area contributed by atoms with Crippen molar-refractivity contribution in [1.29, 1.82) is 0 Å². The zero-order valence-corrected chi connectivity index (χ0v) is 17.6. The van der Waals surface area contributed by atoms with E-state index in [1.807, 2.05) is 0 Å². The molecular formula is C23H20F4N2O5. The van der Waals surface area contributed by atoms with Gasteiger partial charge in [0.05, 0.1) is 5.69 Å². The van der Waals surface area contributed by atoms with E-state index in [-0.39, 0.29) is 11.3 Å². The van der Waals surface area contributed by atoms with Gasteiger partial charge >= 0.3 is 12.3 Å². The Morgan fingerprint density at radius 1 is 1.15 bits per heavy atom. The summed E-state index contributed by atoms with van der Waals surface area (Å²) in [6, 6.07) is 7.39. The highest BCUT2D eigenvalue weighted by molar-refractivity contribution is 6.07. The highest BCUT2D eigenvalue weighted by Crippen LogP contribution is 2.55. The quantitative estimate of drug-likeness (QED) is 0.483. The molecule has 2 aromatic rings. The number of rotatable bonds is 6. The molecule has 7 nitrogen and oxygen atoms in total. The van der Waals surface area contributed by atoms with Crippen LogP contribution in [0.25, 0.3) is 0 Å². The summed E-state index contributed by atoms with van der Waals surface area (Å²) in [7, 11) is 0. The summed E-state index contributed by atoms with van der Waals surface area (Å²) in [5.74, 6) is -4.40. The van der Waals surface area contributed by atoms with Gasteiger partial charge in [-0.3, -0.25) is 9.59 Å². The molecule has 180 valence electrons. The van der Waals surface area contributed by atoms with E-state index < -0.39 is 59.6 Å². The topological polar surface area (TPSA) is 110 Å². The molecule has 1 aliphatic carbocycles. The van der Waals surface area contributed by atoms with E-state index in [1.165, 1.54) is 23.1 Å². The van der Waals surface area contributed by atoms with Gasteiger partial charge in [-0.1, -0.05) is 6.07 Å². The Kier molecular flexibility index (Phi) is 5.84. The third-order valence-electron chi connectivity index (χ3n) is 6.56. The highest BCUT2D eigenvalue weighted by Gasteiger charge is 2.57. The number of benzene rings is 2. The van der Waals surface area contributed by atoms with Gasteiger partial charge in [-0.25, -0.2) is 4.39 Å². The van der Waals surface area contributed by atoms with Crippen LogP contribution in [0.3, 0.4) is 0 Å². The zero-order valence-electron chi connectivity index (χ0n) is 17.6. The number of carbonyl (C=O) groups is 3. The van der Waals surface area contributed by atoms with Gasteiger partial charge in [0.2, 0.25) is 0 Å². The van der Waals surface area contributed by atoms with Crippen LogP contribution in [0.4, 0.5) is 23.2 Å². The van der Waals surface area contributed by atoms with Crippen LogP contribution in [0, 0.1) is 11.7 Å². The number of anilines is 1. The number of halogens is 4. The Morgan fingerprint density at radius 3 is 2.35 bits per heavy atom. The number of aliphatic carboxylic acids is 1. The molecule has 2 unspecified atom stereocenters. The number of carboxylic acid groups (broad SMARTS) is 1. The SMILES string of the molecule is NC(CC=O)(C(=O)O)C1c2ccc(F)cc2N(C(=O)c2ccc(OC(F)(F)F)cc2)[C@@H]2CC[C@H]12. The van der Waals surface area contributed by atoms with Crippen molar-refractivity contribution in [3.05, 3.63) is 59.4 Å². The van der Waals surface area contributed by atoms with E-state index in [0.29, 0.717) is 24.7 Å². The molecule has 1 amide bonds. The van der Waals surface area contributed by atoms with Crippen molar-refractivity contribution in [1.82, 2.24) is 0 Å². The number of carbonyl (C=O) groups excluding carboxylic acids is 2. The predicted molar refractivity (Wildman–Crippen MR) is 111 cm³/mol. The van der Waals surface area contributed by atoms with Crippen LogP contribution in [-0.4, -0.2) is 41.2 Å². The number of carboxylic acids is 1. The summed E-state index contributed by atoms with van der Waals surface area (Å²) < 4.78 is 55.4. The summed E-state index contributed by atoms with van der Waals surface area (Å²) in [6.45, 7) is 0. The van der Waals surface area contributed by atoms with Crippen LogP contribution in [0.15, 0.2) is 42.5 Å². The van der Waals surface area contributed by atoms with Crippen molar-refractivity contribution in [2.45, 2.75) is 43.1 Å². The molecule has 34 heavy (non-hydrogen) atoms. The Hall–Kier alpha value is -3.47. The van der Waals surface area contributed by atoms with Gasteiger partial charge in [0.1, 0.15) is 23.4 Å². The van der Waals surface area contributed by atoms with Crippen LogP contribution < -0.4 is 15.4 Å². The average Bonchev–Trinajstić information content (AvgIpc) is 2.73. The second-order valence-electron chi connectivity index (χ2n) is 8.45. The van der Waals surface area contributed by atoms with Crippen molar-refractivity contribution in [2.75, 3.05) is 4.90 Å². The zero-order chi connectivity index (χ0) is 24.8. The molecule has 0 bridgehead atoms. The third-order valence-corrected chi connectivity index (χ3v) is 6.56. The number of hydrogen-bond acceptors (Lipinski definition) is 5. The van der Waals surface area contributed by atoms with Gasteiger partial charge in [-0.05, 0) is 60.7 Å². The molecule has 4 rings (SSSR count). The molecule has 1 aliphatic heterocycles. The van der Waals surface area contributed by atoms with Crippen LogP contribution in [-0.2, 0) is 9.59 Å². The number of fused-ring (bicyclic) bond motifs is 2. The van der Waals surface area contributed by atoms with Gasteiger partial charge < -0.3 is 25.3 Å². The normalized spacial score (nSPS) is 23.1. The largest absolute Gasteiger partial charge is 0.573 e. The lowest BCUT2D eigenvalue weighted by Crippen LogP contribution is -2.64. The standard InChI is InChI=1S/C23H20F4N2O5/c24-13-3-6-16-18(11-13)29(20(31)12-1-4-14(5-2-12)34-23(25,26)27)17-8-7-15(17)19(16)22(28,9-10-30)21(32)33/h1-6,10-11,15,17,19H,7-9,28H2,(H,32,33)/t15-,17+,19?,22?/m0/s1. The second-order valence-corrected chi connectivity index (χ2v) is 8.45. The maximum Gasteiger partial charge on any atom is 0.573 e. The fourth-order valence-corrected chi connectivity index (χ4v) is 4.96. The number of aldehydes is 1. The minimum Gasteiger partial charge on any atom is -0.480 e. The molecular weight excluding hydrogens is 460 g/mol. The van der Waals surface area contributed by atoms with Gasteiger partial charge in [-0.2, -0.15) is 0 Å². The Bertz CT molecular complexity index is 1140. The number of amides is 1. The first-order valence-corrected chi connectivity index (χ1v) is 10.4. The van der Waals surface area contributed by atoms with Crippen LogP contribution in [0.5, 0.6) is 5.75 Å². The fourth-order valence-electron chi connectivity index (χ4n) is 4.96. The highest BCUT2D eigenvalue weighted by atomic mass is 19.4. The minimum atomic E-state index is -4.89. The number of ether oxygens (including phenoxy) is 1. The fraction of sp³-hybridized carbons (Fsp3) is 0.348. The van der Waals surface area contributed by atoms with Crippen molar-refractivity contribution in [3.8, 4) is 5.75 Å². The molecule has 1 heterocycles. The Labute approximate surface area is 191 Å². The number of alkyl halides is 3. The molecule has 4 atom stereocenters. The first-order chi connectivity index (χ1) is 16.0. The average molecular weight is 480 g/mol. The van der Waals surface area contributed by atoms with E-state index in [1.54, 1.807) is 0 Å². The van der Waals surface area contributed by atoms with Crippen molar-refractivity contribution < 1.29 is 41.8 Å². The number of nitrogens with zero attached hydrogens (tertiary/aromatic N) is 1. The van der Waals surface area contributed by atoms with Gasteiger partial charge in [0, 0.05) is 23.9 Å². The predicted octanol–water partition coefficient (Wildman–Crippen LogP) is 3.62. The molecule has 0 saturated heterocycles. The van der Waals surface area contributed by atoms with Gasteiger partial charge in [0.25, 0.3) is 5.91 Å². The van der Waals surface area contributed by atoms with Gasteiger partial charge in [0.15, 0.2) is 0 Å². The lowest BCUT2D eigenvalue weighted by atomic mass is 9.58. The molecule has 1 saturated carbocycles. The number of nitrogens with two attached hydrogens (primary N) is 1. The minimum absolute atomic E-state index is 0.0407. The Balaban J connectivity index is 1.76. The monoisotopic (exact) mass is 480 g/mol. The molecule has 0 aromatic heterocycles. The molecule has 0 radical (unpaired) electrons. The molecule has 0 spiro atoms. The molecule has 3 N–H and O–H groups in total. The molecule has 1 fully saturated rings. The lowest BCUT2D eigenvalue weighted by molar-refractivity contribution is -0.274. The third kappa shape index (κ3) is 4.00. The van der Waals surface area contributed by atoms with Crippen molar-refractivity contribution in [3.63, 3.8) is 0 Å². The summed E-state index contributed by atoms with van der Waals surface area (Å²) in [5, 5.41) is 9.85.